The first-order valence-corrected chi connectivity index (χ1v) is 8.84. The highest BCUT2D eigenvalue weighted by Gasteiger charge is 2.29. The Balaban J connectivity index is 1.64. The molecular formula is C16H18N6S. The van der Waals surface area contributed by atoms with Crippen LogP contribution in [0, 0.1) is 0 Å². The summed E-state index contributed by atoms with van der Waals surface area (Å²) in [5.74, 6) is 1.70. The molecule has 4 heterocycles. The zero-order valence-electron chi connectivity index (χ0n) is 13.0. The van der Waals surface area contributed by atoms with Gasteiger partial charge >= 0.3 is 0 Å². The van der Waals surface area contributed by atoms with Crippen molar-refractivity contribution in [1.82, 2.24) is 19.7 Å². The van der Waals surface area contributed by atoms with E-state index in [9.17, 15) is 0 Å². The van der Waals surface area contributed by atoms with E-state index in [4.69, 9.17) is 5.73 Å². The number of hydrogen-bond acceptors (Lipinski definition) is 6. The van der Waals surface area contributed by atoms with Crippen LogP contribution < -0.4 is 10.6 Å². The molecule has 5 rings (SSSR count). The molecule has 3 aromatic heterocycles. The van der Waals surface area contributed by atoms with Crippen molar-refractivity contribution in [3.05, 3.63) is 28.0 Å². The zero-order chi connectivity index (χ0) is 15.6. The van der Waals surface area contributed by atoms with Gasteiger partial charge in [-0.05, 0) is 31.2 Å². The Hall–Kier alpha value is -2.15. The first-order valence-electron chi connectivity index (χ1n) is 8.03. The Morgan fingerprint density at radius 1 is 1.13 bits per heavy atom. The fraction of sp³-hybridized carbons (Fsp3) is 0.438. The van der Waals surface area contributed by atoms with E-state index in [1.165, 1.54) is 40.8 Å². The van der Waals surface area contributed by atoms with Crippen molar-refractivity contribution in [3.8, 4) is 0 Å². The van der Waals surface area contributed by atoms with E-state index in [0.717, 1.165) is 35.7 Å². The maximum Gasteiger partial charge on any atom is 0.150 e. The molecule has 0 radical (unpaired) electrons. The number of nitrogens with two attached hydrogens (primary N) is 1. The normalized spacial score (nSPS) is 16.8. The molecule has 0 aromatic carbocycles. The first-order chi connectivity index (χ1) is 11.2. The van der Waals surface area contributed by atoms with Crippen LogP contribution in [0.3, 0.4) is 0 Å². The van der Waals surface area contributed by atoms with Crippen molar-refractivity contribution in [2.75, 3.05) is 10.6 Å². The van der Waals surface area contributed by atoms with Gasteiger partial charge in [0.1, 0.15) is 17.0 Å². The lowest BCUT2D eigenvalue weighted by molar-refractivity contribution is 0.697. The van der Waals surface area contributed by atoms with Crippen LogP contribution in [0.15, 0.2) is 6.33 Å². The lowest BCUT2D eigenvalue weighted by Crippen LogP contribution is -2.19. The predicted octanol–water partition coefficient (Wildman–Crippen LogP) is 2.41. The molecule has 6 nitrogen and oxygen atoms in total. The van der Waals surface area contributed by atoms with Crippen LogP contribution in [0.25, 0.3) is 10.2 Å². The Bertz CT molecular complexity index is 898. The van der Waals surface area contributed by atoms with Crippen molar-refractivity contribution in [2.24, 2.45) is 7.05 Å². The average Bonchev–Trinajstić information content (AvgIpc) is 3.22. The molecule has 118 valence electrons. The molecule has 3 aromatic rings. The molecule has 1 aliphatic carbocycles. The van der Waals surface area contributed by atoms with Gasteiger partial charge in [-0.15, -0.1) is 11.3 Å². The molecule has 0 saturated carbocycles. The van der Waals surface area contributed by atoms with Crippen LogP contribution in [0.1, 0.15) is 34.5 Å². The number of nitrogens with zero attached hydrogens (tertiary/aromatic N) is 5. The number of fused-ring (bicyclic) bond motifs is 4. The lowest BCUT2D eigenvalue weighted by Gasteiger charge is -2.19. The first kappa shape index (κ1) is 13.3. The highest BCUT2D eigenvalue weighted by atomic mass is 32.1. The SMILES string of the molecule is Cn1nc(N)c2c1CN(c1ncnc3sc4c(c13)CCCC4)C2. The topological polar surface area (TPSA) is 72.9 Å². The monoisotopic (exact) mass is 326 g/mol. The Kier molecular flexibility index (Phi) is 2.70. The fourth-order valence-electron chi connectivity index (χ4n) is 3.89. The summed E-state index contributed by atoms with van der Waals surface area (Å²) in [5, 5.41) is 5.59. The second kappa shape index (κ2) is 4.67. The summed E-state index contributed by atoms with van der Waals surface area (Å²) in [5.41, 5.74) is 9.86. The van der Waals surface area contributed by atoms with Gasteiger partial charge in [0.05, 0.1) is 24.2 Å². The minimum absolute atomic E-state index is 0.641. The molecule has 0 atom stereocenters. The third-order valence-corrected chi connectivity index (χ3v) is 6.23. The molecule has 1 aliphatic heterocycles. The van der Waals surface area contributed by atoms with Gasteiger partial charge in [-0.25, -0.2) is 9.97 Å². The van der Waals surface area contributed by atoms with Crippen molar-refractivity contribution < 1.29 is 0 Å². The Morgan fingerprint density at radius 3 is 2.87 bits per heavy atom. The molecule has 0 fully saturated rings. The molecule has 23 heavy (non-hydrogen) atoms. The maximum atomic E-state index is 6.05. The van der Waals surface area contributed by atoms with Crippen LogP contribution >= 0.6 is 11.3 Å². The molecule has 0 spiro atoms. The number of aromatic nitrogens is 4. The number of hydrogen-bond donors (Lipinski definition) is 1. The summed E-state index contributed by atoms with van der Waals surface area (Å²) in [6, 6.07) is 0. The van der Waals surface area contributed by atoms with E-state index in [-0.39, 0.29) is 0 Å². The maximum absolute atomic E-state index is 6.05. The fourth-order valence-corrected chi connectivity index (χ4v) is 5.11. The van der Waals surface area contributed by atoms with E-state index in [1.807, 2.05) is 23.1 Å². The van der Waals surface area contributed by atoms with Gasteiger partial charge in [0.25, 0.3) is 0 Å². The Morgan fingerprint density at radius 2 is 2.00 bits per heavy atom. The average molecular weight is 326 g/mol. The van der Waals surface area contributed by atoms with Crippen LogP contribution in [0.4, 0.5) is 11.6 Å². The number of thiophene rings is 1. The van der Waals surface area contributed by atoms with Gasteiger partial charge in [0, 0.05) is 17.5 Å². The minimum Gasteiger partial charge on any atom is -0.382 e. The van der Waals surface area contributed by atoms with Crippen LogP contribution in [-0.4, -0.2) is 19.7 Å². The summed E-state index contributed by atoms with van der Waals surface area (Å²) >= 11 is 1.84. The van der Waals surface area contributed by atoms with Crippen molar-refractivity contribution in [1.29, 1.82) is 0 Å². The zero-order valence-corrected chi connectivity index (χ0v) is 13.9. The summed E-state index contributed by atoms with van der Waals surface area (Å²) in [6.07, 6.45) is 6.60. The van der Waals surface area contributed by atoms with Gasteiger partial charge in [0.2, 0.25) is 0 Å². The molecule has 2 N–H and O–H groups in total. The number of anilines is 2. The molecule has 7 heteroatoms. The second-order valence-corrected chi connectivity index (χ2v) is 7.46. The molecule has 0 unspecified atom stereocenters. The minimum atomic E-state index is 0.641. The van der Waals surface area contributed by atoms with Crippen molar-refractivity contribution >= 4 is 33.2 Å². The Labute approximate surface area is 137 Å². The predicted molar refractivity (Wildman–Crippen MR) is 91.6 cm³/mol. The number of aryl methyl sites for hydroxylation is 3. The highest BCUT2D eigenvalue weighted by molar-refractivity contribution is 7.19. The summed E-state index contributed by atoms with van der Waals surface area (Å²) in [6.45, 7) is 1.60. The van der Waals surface area contributed by atoms with E-state index >= 15 is 0 Å². The largest absolute Gasteiger partial charge is 0.382 e. The lowest BCUT2D eigenvalue weighted by atomic mass is 9.97. The van der Waals surface area contributed by atoms with Crippen molar-refractivity contribution in [2.45, 2.75) is 38.8 Å². The second-order valence-electron chi connectivity index (χ2n) is 6.38. The summed E-state index contributed by atoms with van der Waals surface area (Å²) < 4.78 is 1.89. The van der Waals surface area contributed by atoms with E-state index in [0.29, 0.717) is 5.82 Å². The summed E-state index contributed by atoms with van der Waals surface area (Å²) in [7, 11) is 1.96. The van der Waals surface area contributed by atoms with Gasteiger partial charge in [-0.3, -0.25) is 4.68 Å². The number of nitrogen functional groups attached to an aromatic ring is 1. The van der Waals surface area contributed by atoms with Gasteiger partial charge < -0.3 is 10.6 Å². The number of rotatable bonds is 1. The van der Waals surface area contributed by atoms with Crippen molar-refractivity contribution in [3.63, 3.8) is 0 Å². The molecule has 0 amide bonds. The van der Waals surface area contributed by atoms with Gasteiger partial charge in [-0.1, -0.05) is 0 Å². The van der Waals surface area contributed by atoms with Crippen LogP contribution in [0.2, 0.25) is 0 Å². The quantitative estimate of drug-likeness (QED) is 0.743. The molecular weight excluding hydrogens is 308 g/mol. The third kappa shape index (κ3) is 1.83. The molecule has 0 saturated heterocycles. The van der Waals surface area contributed by atoms with Crippen LogP contribution in [-0.2, 0) is 33.0 Å². The summed E-state index contributed by atoms with van der Waals surface area (Å²) in [4.78, 5) is 14.1. The van der Waals surface area contributed by atoms with E-state index < -0.39 is 0 Å². The van der Waals surface area contributed by atoms with Gasteiger partial charge in [-0.2, -0.15) is 5.10 Å². The highest BCUT2D eigenvalue weighted by Crippen LogP contribution is 2.41. The van der Waals surface area contributed by atoms with E-state index in [1.54, 1.807) is 6.33 Å². The van der Waals surface area contributed by atoms with Gasteiger partial charge in [0.15, 0.2) is 5.82 Å². The standard InChI is InChI=1S/C16H18N6S/c1-21-11-7-22(6-10(11)14(17)20-21)15-13-9-4-2-3-5-12(9)23-16(13)19-8-18-15/h8H,2-7H2,1H3,(H2,17,20). The molecule has 2 aliphatic rings. The smallest absolute Gasteiger partial charge is 0.150 e. The van der Waals surface area contributed by atoms with Crippen LogP contribution in [0.5, 0.6) is 0 Å². The van der Waals surface area contributed by atoms with E-state index in [2.05, 4.69) is 20.0 Å². The molecule has 0 bridgehead atoms. The third-order valence-electron chi connectivity index (χ3n) is 5.03.